The summed E-state index contributed by atoms with van der Waals surface area (Å²) in [5.74, 6) is 1.78. The van der Waals surface area contributed by atoms with E-state index in [1.807, 2.05) is 19.2 Å². The third-order valence-electron chi connectivity index (χ3n) is 6.06. The van der Waals surface area contributed by atoms with Gasteiger partial charge in [-0.1, -0.05) is 32.4 Å². The molecule has 1 saturated carbocycles. The molecule has 2 N–H and O–H groups in total. The fourth-order valence-electron chi connectivity index (χ4n) is 3.72. The molecule has 29 heavy (non-hydrogen) atoms. The molecule has 164 valence electrons. The molecule has 0 bridgehead atoms. The van der Waals surface area contributed by atoms with Gasteiger partial charge >= 0.3 is 0 Å². The number of benzene rings is 1. The highest BCUT2D eigenvalue weighted by Crippen LogP contribution is 2.43. The number of nitrogens with zero attached hydrogens (tertiary/aromatic N) is 2. The molecule has 1 aliphatic carbocycles. The van der Waals surface area contributed by atoms with Gasteiger partial charge in [-0.2, -0.15) is 0 Å². The smallest absolute Gasteiger partial charge is 0.191 e. The van der Waals surface area contributed by atoms with E-state index >= 15 is 0 Å². The lowest BCUT2D eigenvalue weighted by Crippen LogP contribution is -2.46. The van der Waals surface area contributed by atoms with Crippen molar-refractivity contribution in [2.75, 3.05) is 53.6 Å². The van der Waals surface area contributed by atoms with Crippen LogP contribution in [-0.2, 0) is 11.3 Å². The van der Waals surface area contributed by atoms with Crippen molar-refractivity contribution >= 4 is 5.96 Å². The molecular formula is C23H40N4O2. The zero-order valence-corrected chi connectivity index (χ0v) is 18.8. The molecule has 0 radical (unpaired) electrons. The van der Waals surface area contributed by atoms with Gasteiger partial charge in [0.05, 0.1) is 0 Å². The Bertz CT molecular complexity index is 595. The van der Waals surface area contributed by atoms with Crippen molar-refractivity contribution in [1.82, 2.24) is 15.5 Å². The normalized spacial score (nSPS) is 15.8. The van der Waals surface area contributed by atoms with Gasteiger partial charge in [0.1, 0.15) is 12.4 Å². The number of hydrogen-bond acceptors (Lipinski definition) is 4. The number of rotatable bonds is 13. The molecule has 1 fully saturated rings. The largest absolute Gasteiger partial charge is 0.492 e. The molecular weight excluding hydrogens is 364 g/mol. The lowest BCUT2D eigenvalue weighted by atomic mass is 9.67. The average Bonchev–Trinajstić information content (AvgIpc) is 2.73. The topological polar surface area (TPSA) is 58.1 Å². The predicted octanol–water partition coefficient (Wildman–Crippen LogP) is 3.28. The maximum atomic E-state index is 5.86. The number of aliphatic imine (C=N–C) groups is 1. The van der Waals surface area contributed by atoms with E-state index in [2.05, 4.69) is 46.5 Å². The van der Waals surface area contributed by atoms with Crippen LogP contribution >= 0.6 is 0 Å². The Morgan fingerprint density at radius 2 is 1.83 bits per heavy atom. The molecule has 0 heterocycles. The van der Waals surface area contributed by atoms with Gasteiger partial charge in [-0.15, -0.1) is 0 Å². The van der Waals surface area contributed by atoms with Crippen molar-refractivity contribution in [3.63, 3.8) is 0 Å². The van der Waals surface area contributed by atoms with E-state index in [9.17, 15) is 0 Å². The molecule has 1 aromatic rings. The molecule has 0 spiro atoms. The van der Waals surface area contributed by atoms with E-state index in [1.54, 1.807) is 7.11 Å². The van der Waals surface area contributed by atoms with Crippen molar-refractivity contribution in [3.05, 3.63) is 29.8 Å². The van der Waals surface area contributed by atoms with Crippen LogP contribution in [0.1, 0.15) is 45.1 Å². The van der Waals surface area contributed by atoms with E-state index in [0.29, 0.717) is 5.41 Å². The van der Waals surface area contributed by atoms with Gasteiger partial charge in [0, 0.05) is 40.4 Å². The van der Waals surface area contributed by atoms with Crippen molar-refractivity contribution in [3.8, 4) is 5.75 Å². The highest BCUT2D eigenvalue weighted by molar-refractivity contribution is 5.79. The van der Waals surface area contributed by atoms with Gasteiger partial charge in [0.15, 0.2) is 5.96 Å². The van der Waals surface area contributed by atoms with Crippen LogP contribution in [0.15, 0.2) is 29.3 Å². The fourth-order valence-corrected chi connectivity index (χ4v) is 3.72. The molecule has 0 aromatic heterocycles. The Hall–Kier alpha value is -1.79. The van der Waals surface area contributed by atoms with Crippen LogP contribution in [0.2, 0.25) is 0 Å². The number of guanidine groups is 1. The van der Waals surface area contributed by atoms with Gasteiger partial charge in [-0.3, -0.25) is 4.99 Å². The van der Waals surface area contributed by atoms with Crippen LogP contribution in [0, 0.1) is 5.41 Å². The second-order valence-corrected chi connectivity index (χ2v) is 7.89. The van der Waals surface area contributed by atoms with E-state index in [-0.39, 0.29) is 0 Å². The zero-order chi connectivity index (χ0) is 21.0. The average molecular weight is 405 g/mol. The van der Waals surface area contributed by atoms with Crippen molar-refractivity contribution < 1.29 is 9.47 Å². The van der Waals surface area contributed by atoms with Gasteiger partial charge in [0.2, 0.25) is 0 Å². The number of nitrogens with one attached hydrogen (secondary N) is 2. The molecule has 6 heteroatoms. The van der Waals surface area contributed by atoms with E-state index in [1.165, 1.54) is 24.8 Å². The van der Waals surface area contributed by atoms with E-state index in [4.69, 9.17) is 9.47 Å². The number of ether oxygens (including phenoxy) is 2. The SMILES string of the molecule is CCN(CC)CCOc1ccc(CNC(=NC)NCC2(CCOC)CCC2)cc1. The molecule has 6 nitrogen and oxygen atoms in total. The van der Waals surface area contributed by atoms with Crippen LogP contribution in [0.4, 0.5) is 0 Å². The summed E-state index contributed by atoms with van der Waals surface area (Å²) in [6.07, 6.45) is 4.98. The van der Waals surface area contributed by atoms with Crippen LogP contribution < -0.4 is 15.4 Å². The van der Waals surface area contributed by atoms with Crippen molar-refractivity contribution in [2.24, 2.45) is 10.4 Å². The standard InChI is InChI=1S/C23H40N4O2/c1-5-27(6-2)15-17-29-21-10-8-20(9-11-21)18-25-22(24-3)26-19-23(12-7-13-23)14-16-28-4/h8-11H,5-7,12-19H2,1-4H3,(H2,24,25,26). The Kier molecular flexibility index (Phi) is 10.3. The molecule has 1 aliphatic rings. The minimum absolute atomic E-state index is 0.373. The maximum absolute atomic E-state index is 5.86. The number of likely N-dealkylation sites (N-methyl/N-ethyl adjacent to an activating group) is 1. The first-order chi connectivity index (χ1) is 14.1. The summed E-state index contributed by atoms with van der Waals surface area (Å²) in [6, 6.07) is 8.31. The molecule has 0 saturated heterocycles. The van der Waals surface area contributed by atoms with E-state index < -0.39 is 0 Å². The molecule has 1 aromatic carbocycles. The van der Waals surface area contributed by atoms with Gasteiger partial charge in [-0.25, -0.2) is 0 Å². The maximum Gasteiger partial charge on any atom is 0.191 e. The predicted molar refractivity (Wildman–Crippen MR) is 121 cm³/mol. The monoisotopic (exact) mass is 404 g/mol. The quantitative estimate of drug-likeness (QED) is 0.390. The first kappa shape index (κ1) is 23.5. The molecule has 0 amide bonds. The lowest BCUT2D eigenvalue weighted by molar-refractivity contribution is 0.0732. The minimum atomic E-state index is 0.373. The number of hydrogen-bond donors (Lipinski definition) is 2. The second kappa shape index (κ2) is 12.7. The summed E-state index contributed by atoms with van der Waals surface area (Å²) >= 11 is 0. The van der Waals surface area contributed by atoms with Crippen LogP contribution in [0.3, 0.4) is 0 Å². The summed E-state index contributed by atoms with van der Waals surface area (Å²) in [5.41, 5.74) is 1.58. The summed E-state index contributed by atoms with van der Waals surface area (Å²) in [4.78, 5) is 6.73. The molecule has 0 unspecified atom stereocenters. The molecule has 0 atom stereocenters. The van der Waals surface area contributed by atoms with Crippen LogP contribution in [0.25, 0.3) is 0 Å². The Morgan fingerprint density at radius 3 is 2.38 bits per heavy atom. The second-order valence-electron chi connectivity index (χ2n) is 7.89. The molecule has 0 aliphatic heterocycles. The van der Waals surface area contributed by atoms with E-state index in [0.717, 1.165) is 64.1 Å². The first-order valence-corrected chi connectivity index (χ1v) is 11.0. The lowest BCUT2D eigenvalue weighted by Gasteiger charge is -2.42. The fraction of sp³-hybridized carbons (Fsp3) is 0.696. The van der Waals surface area contributed by atoms with Crippen molar-refractivity contribution in [2.45, 2.75) is 46.1 Å². The number of methoxy groups -OCH3 is 1. The van der Waals surface area contributed by atoms with Crippen LogP contribution in [0.5, 0.6) is 5.75 Å². The highest BCUT2D eigenvalue weighted by atomic mass is 16.5. The van der Waals surface area contributed by atoms with Gasteiger partial charge in [-0.05, 0) is 55.5 Å². The Balaban J connectivity index is 1.72. The summed E-state index contributed by atoms with van der Waals surface area (Å²) in [6.45, 7) is 10.7. The first-order valence-electron chi connectivity index (χ1n) is 11.0. The third kappa shape index (κ3) is 7.86. The molecule has 2 rings (SSSR count). The summed E-state index contributed by atoms with van der Waals surface area (Å²) in [7, 11) is 3.60. The minimum Gasteiger partial charge on any atom is -0.492 e. The highest BCUT2D eigenvalue weighted by Gasteiger charge is 2.36. The van der Waals surface area contributed by atoms with Crippen LogP contribution in [-0.4, -0.2) is 64.4 Å². The van der Waals surface area contributed by atoms with Gasteiger partial charge in [0.25, 0.3) is 0 Å². The zero-order valence-electron chi connectivity index (χ0n) is 18.8. The Morgan fingerprint density at radius 1 is 1.10 bits per heavy atom. The van der Waals surface area contributed by atoms with Crippen molar-refractivity contribution in [1.29, 1.82) is 0 Å². The summed E-state index contributed by atoms with van der Waals surface area (Å²) < 4.78 is 11.1. The Labute approximate surface area is 177 Å². The van der Waals surface area contributed by atoms with Gasteiger partial charge < -0.3 is 25.0 Å². The third-order valence-corrected chi connectivity index (χ3v) is 6.06. The summed E-state index contributed by atoms with van der Waals surface area (Å²) in [5, 5.41) is 6.92.